The fourth-order valence-electron chi connectivity index (χ4n) is 0.678. The molecule has 14 heavy (non-hydrogen) atoms. The molecule has 0 aliphatic heterocycles. The number of nitrogens with one attached hydrogen (secondary N) is 1. The van der Waals surface area contributed by atoms with Crippen molar-refractivity contribution in [3.63, 3.8) is 0 Å². The van der Waals surface area contributed by atoms with Crippen molar-refractivity contribution in [3.05, 3.63) is 12.3 Å². The fourth-order valence-corrected chi connectivity index (χ4v) is 0.678. The van der Waals surface area contributed by atoms with E-state index in [9.17, 15) is 9.90 Å². The van der Waals surface area contributed by atoms with Crippen LogP contribution in [0.4, 0.5) is 4.79 Å². The van der Waals surface area contributed by atoms with Crippen LogP contribution in [0.5, 0.6) is 0 Å². The zero-order chi connectivity index (χ0) is 11.4. The predicted molar refractivity (Wildman–Crippen MR) is 50.1 cm³/mol. The molecule has 0 spiro atoms. The van der Waals surface area contributed by atoms with E-state index in [1.54, 1.807) is 20.8 Å². The number of carbonyl (C=O) groups is 1. The van der Waals surface area contributed by atoms with Crippen molar-refractivity contribution in [2.45, 2.75) is 32.4 Å². The van der Waals surface area contributed by atoms with Gasteiger partial charge in [-0.2, -0.15) is 0 Å². The van der Waals surface area contributed by atoms with Gasteiger partial charge in [0.1, 0.15) is 11.6 Å². The second kappa shape index (κ2) is 4.85. The van der Waals surface area contributed by atoms with E-state index in [4.69, 9.17) is 9.84 Å². The van der Waals surface area contributed by atoms with Crippen LogP contribution in [0.3, 0.4) is 0 Å². The molecule has 0 rings (SSSR count). The van der Waals surface area contributed by atoms with Crippen LogP contribution in [0, 0.1) is 0 Å². The van der Waals surface area contributed by atoms with Crippen molar-refractivity contribution in [1.29, 1.82) is 0 Å². The molecule has 1 radical (unpaired) electrons. The fraction of sp³-hybridized carbons (Fsp3) is 0.667. The van der Waals surface area contributed by atoms with Gasteiger partial charge in [-0.1, -0.05) is 6.58 Å². The van der Waals surface area contributed by atoms with Gasteiger partial charge >= 0.3 is 6.09 Å². The van der Waals surface area contributed by atoms with Crippen LogP contribution in [-0.2, 0) is 9.84 Å². The molecule has 0 bridgehead atoms. The number of rotatable bonds is 3. The lowest BCUT2D eigenvalue weighted by Gasteiger charge is -2.21. The van der Waals surface area contributed by atoms with Crippen LogP contribution >= 0.6 is 0 Å². The van der Waals surface area contributed by atoms with Crippen LogP contribution in [0.25, 0.3) is 0 Å². The Balaban J connectivity index is 4.11. The molecule has 0 unspecified atom stereocenters. The van der Waals surface area contributed by atoms with Crippen LogP contribution in [-0.4, -0.2) is 29.4 Å². The first-order valence-electron chi connectivity index (χ1n) is 4.22. The summed E-state index contributed by atoms with van der Waals surface area (Å²) in [5.74, 6) is -0.557. The molecule has 0 aliphatic rings. The number of ether oxygens (including phenoxy) is 1. The van der Waals surface area contributed by atoms with Gasteiger partial charge in [-0.15, -0.1) is 0 Å². The smallest absolute Gasteiger partial charge is 0.408 e. The van der Waals surface area contributed by atoms with Crippen molar-refractivity contribution in [3.8, 4) is 0 Å². The van der Waals surface area contributed by atoms with E-state index in [2.05, 4.69) is 11.9 Å². The van der Waals surface area contributed by atoms with Gasteiger partial charge in [0.25, 0.3) is 0 Å². The number of aliphatic hydroxyl groups excluding tert-OH is 1. The molecule has 0 aromatic carbocycles. The lowest BCUT2D eigenvalue weighted by atomic mass is 10.2. The Bertz CT molecular complexity index is 219. The number of hydrogen-bond acceptors (Lipinski definition) is 3. The molecule has 5 heteroatoms. The van der Waals surface area contributed by atoms with Gasteiger partial charge < -0.3 is 15.2 Å². The van der Waals surface area contributed by atoms with Crippen LogP contribution < -0.4 is 5.32 Å². The maximum absolute atomic E-state index is 11.1. The minimum absolute atomic E-state index is 0.485. The van der Waals surface area contributed by atoms with Crippen molar-refractivity contribution < 1.29 is 19.7 Å². The van der Waals surface area contributed by atoms with Crippen molar-refractivity contribution >= 4 is 6.09 Å². The number of carbonyl (C=O) groups excluding carboxylic acids is 1. The summed E-state index contributed by atoms with van der Waals surface area (Å²) in [6.45, 7) is 7.71. The van der Waals surface area contributed by atoms with E-state index in [0.717, 1.165) is 0 Å². The van der Waals surface area contributed by atoms with Gasteiger partial charge in [-0.05, 0) is 20.8 Å². The van der Waals surface area contributed by atoms with Gasteiger partial charge in [-0.3, -0.25) is 5.11 Å². The van der Waals surface area contributed by atoms with Crippen molar-refractivity contribution in [1.82, 2.24) is 5.32 Å². The van der Waals surface area contributed by atoms with E-state index in [0.29, 0.717) is 0 Å². The topological polar surface area (TPSA) is 78.5 Å². The maximum atomic E-state index is 11.1. The Labute approximate surface area is 83.4 Å². The van der Waals surface area contributed by atoms with Crippen LogP contribution in [0.15, 0.2) is 12.3 Å². The predicted octanol–water partition coefficient (Wildman–Crippen LogP) is 0.816. The number of alkyl carbamates (subject to hydrolysis) is 1. The highest BCUT2D eigenvalue weighted by Gasteiger charge is 2.20. The monoisotopic (exact) mass is 202 g/mol. The molecule has 81 valence electrons. The summed E-state index contributed by atoms with van der Waals surface area (Å²) in [5.41, 5.74) is -0.631. The Morgan fingerprint density at radius 1 is 1.57 bits per heavy atom. The third-order valence-electron chi connectivity index (χ3n) is 1.26. The van der Waals surface area contributed by atoms with E-state index in [1.165, 1.54) is 0 Å². The van der Waals surface area contributed by atoms with Crippen LogP contribution in [0.2, 0.25) is 0 Å². The summed E-state index contributed by atoms with van der Waals surface area (Å²) in [6.07, 6.45) is -0.742. The van der Waals surface area contributed by atoms with E-state index in [1.807, 2.05) is 0 Å². The molecule has 0 aliphatic carbocycles. The lowest BCUT2D eigenvalue weighted by Crippen LogP contribution is -2.41. The molecular weight excluding hydrogens is 186 g/mol. The molecule has 0 fully saturated rings. The molecule has 2 N–H and O–H groups in total. The molecule has 1 amide bonds. The molecule has 0 heterocycles. The normalized spacial score (nSPS) is 13.1. The Hall–Kier alpha value is -1.23. The second-order valence-electron chi connectivity index (χ2n) is 3.85. The van der Waals surface area contributed by atoms with Gasteiger partial charge in [0.05, 0.1) is 6.61 Å². The maximum Gasteiger partial charge on any atom is 0.408 e. The Kier molecular flexibility index (Phi) is 4.43. The zero-order valence-electron chi connectivity index (χ0n) is 8.66. The SMILES string of the molecule is C=C([O])[C@H](CO)NC(=O)OC(C)(C)C. The van der Waals surface area contributed by atoms with Gasteiger partial charge in [-0.25, -0.2) is 4.79 Å². The highest BCUT2D eigenvalue weighted by molar-refractivity contribution is 5.68. The average molecular weight is 202 g/mol. The van der Waals surface area contributed by atoms with Gasteiger partial charge in [0, 0.05) is 0 Å². The van der Waals surface area contributed by atoms with E-state index in [-0.39, 0.29) is 0 Å². The largest absolute Gasteiger partial charge is 0.444 e. The van der Waals surface area contributed by atoms with E-state index >= 15 is 0 Å². The number of hydrogen-bond donors (Lipinski definition) is 2. The van der Waals surface area contributed by atoms with Crippen LogP contribution in [0.1, 0.15) is 20.8 Å². The highest BCUT2D eigenvalue weighted by atomic mass is 16.6. The summed E-state index contributed by atoms with van der Waals surface area (Å²) in [4.78, 5) is 11.1. The minimum Gasteiger partial charge on any atom is -0.444 e. The summed E-state index contributed by atoms with van der Waals surface area (Å²) in [7, 11) is 0. The third-order valence-corrected chi connectivity index (χ3v) is 1.26. The first-order valence-corrected chi connectivity index (χ1v) is 4.22. The van der Waals surface area contributed by atoms with Gasteiger partial charge in [0.2, 0.25) is 0 Å². The van der Waals surface area contributed by atoms with Gasteiger partial charge in [0.15, 0.2) is 5.76 Å². The van der Waals surface area contributed by atoms with E-state index < -0.39 is 30.1 Å². The lowest BCUT2D eigenvalue weighted by molar-refractivity contribution is 0.0470. The Morgan fingerprint density at radius 3 is 2.36 bits per heavy atom. The molecule has 0 aromatic rings. The Morgan fingerprint density at radius 2 is 2.07 bits per heavy atom. The third kappa shape index (κ3) is 5.42. The second-order valence-corrected chi connectivity index (χ2v) is 3.85. The molecule has 0 saturated heterocycles. The highest BCUT2D eigenvalue weighted by Crippen LogP contribution is 2.07. The average Bonchev–Trinajstić information content (AvgIpc) is 1.96. The summed E-state index contributed by atoms with van der Waals surface area (Å²) in [6, 6.07) is -0.996. The number of amides is 1. The first-order chi connectivity index (χ1) is 6.26. The van der Waals surface area contributed by atoms with Crippen molar-refractivity contribution in [2.75, 3.05) is 6.61 Å². The summed E-state index contributed by atoms with van der Waals surface area (Å²) < 4.78 is 4.88. The standard InChI is InChI=1S/C9H16NO4/c1-6(12)7(5-11)10-8(13)14-9(2,3)4/h7,11H,1,5H2,2-4H3,(H,10,13)/t7-/m0/s1. The van der Waals surface area contributed by atoms with Crippen molar-refractivity contribution in [2.24, 2.45) is 0 Å². The quantitative estimate of drug-likeness (QED) is 0.665. The first kappa shape index (κ1) is 12.8. The minimum atomic E-state index is -0.996. The summed E-state index contributed by atoms with van der Waals surface area (Å²) >= 11 is 0. The summed E-state index contributed by atoms with van der Waals surface area (Å²) in [5, 5.41) is 21.6. The zero-order valence-corrected chi connectivity index (χ0v) is 8.66. The molecule has 0 saturated carbocycles. The molecule has 0 aromatic heterocycles. The molecule has 1 atom stereocenters. The molecule has 5 nitrogen and oxygen atoms in total. The number of aliphatic hydroxyl groups is 1. The molecular formula is C9H16NO4.